The fraction of sp³-hybridized carbons (Fsp3) is 0.261. The van der Waals surface area contributed by atoms with Crippen molar-refractivity contribution in [2.24, 2.45) is 0 Å². The number of rotatable bonds is 4. The Balaban J connectivity index is 1.87. The lowest BCUT2D eigenvalue weighted by atomic mass is 9.84. The molecule has 0 aliphatic carbocycles. The molecule has 0 saturated carbocycles. The largest absolute Gasteiger partial charge is 0.485 e. The Morgan fingerprint density at radius 1 is 1.11 bits per heavy atom. The minimum atomic E-state index is -0.816. The third-order valence-corrected chi connectivity index (χ3v) is 5.17. The summed E-state index contributed by atoms with van der Waals surface area (Å²) in [5, 5.41) is 20.7. The number of hydrogen-bond donors (Lipinski definition) is 1. The topological polar surface area (TPSA) is 69.6 Å². The molecule has 0 amide bonds. The van der Waals surface area contributed by atoms with Crippen LogP contribution >= 0.6 is 0 Å². The van der Waals surface area contributed by atoms with Gasteiger partial charge in [0.2, 0.25) is 0 Å². The van der Waals surface area contributed by atoms with Gasteiger partial charge >= 0.3 is 0 Å². The van der Waals surface area contributed by atoms with Gasteiger partial charge in [-0.25, -0.2) is 0 Å². The molecule has 1 aliphatic heterocycles. The van der Waals surface area contributed by atoms with Crippen molar-refractivity contribution in [1.82, 2.24) is 0 Å². The van der Waals surface area contributed by atoms with E-state index in [1.807, 2.05) is 62.4 Å². The van der Waals surface area contributed by atoms with E-state index in [0.29, 0.717) is 17.9 Å². The summed E-state index contributed by atoms with van der Waals surface area (Å²) >= 11 is 0. The Bertz CT molecular complexity index is 990. The predicted molar refractivity (Wildman–Crippen MR) is 106 cm³/mol. The van der Waals surface area contributed by atoms with Crippen LogP contribution < -0.4 is 9.64 Å². The molecule has 0 fully saturated rings. The summed E-state index contributed by atoms with van der Waals surface area (Å²) in [6.07, 6.45) is 0.828. The molecule has 1 unspecified atom stereocenters. The first-order chi connectivity index (χ1) is 13.5. The summed E-state index contributed by atoms with van der Waals surface area (Å²) in [5.41, 5.74) is 1.49. The summed E-state index contributed by atoms with van der Waals surface area (Å²) in [5.74, 6) is 1.47. The van der Waals surface area contributed by atoms with E-state index in [1.165, 1.54) is 0 Å². The molecule has 0 bridgehead atoms. The molecule has 142 valence electrons. The van der Waals surface area contributed by atoms with Crippen molar-refractivity contribution in [2.75, 3.05) is 4.90 Å². The van der Waals surface area contributed by atoms with E-state index in [9.17, 15) is 10.4 Å². The number of anilines is 1. The fourth-order valence-electron chi connectivity index (χ4n) is 3.71. The molecule has 1 aliphatic rings. The number of nitrogens with zero attached hydrogens (tertiary/aromatic N) is 2. The molecule has 2 heterocycles. The van der Waals surface area contributed by atoms with Gasteiger partial charge in [-0.3, -0.25) is 0 Å². The van der Waals surface area contributed by atoms with Crippen LogP contribution in [-0.4, -0.2) is 16.8 Å². The van der Waals surface area contributed by atoms with Crippen molar-refractivity contribution in [1.29, 1.82) is 5.26 Å². The molecule has 0 saturated heterocycles. The van der Waals surface area contributed by atoms with Gasteiger partial charge in [0.15, 0.2) is 0 Å². The van der Waals surface area contributed by atoms with E-state index in [2.05, 4.69) is 11.0 Å². The average Bonchev–Trinajstić information content (AvgIpc) is 3.21. The highest BCUT2D eigenvalue weighted by Crippen LogP contribution is 2.45. The Labute approximate surface area is 164 Å². The highest BCUT2D eigenvalue weighted by atomic mass is 16.5. The second-order valence-corrected chi connectivity index (χ2v) is 7.50. The minimum Gasteiger partial charge on any atom is -0.485 e. The van der Waals surface area contributed by atoms with E-state index < -0.39 is 17.7 Å². The first kappa shape index (κ1) is 18.1. The number of ether oxygens (including phenoxy) is 1. The van der Waals surface area contributed by atoms with Crippen molar-refractivity contribution in [3.63, 3.8) is 0 Å². The maximum atomic E-state index is 11.3. The third kappa shape index (κ3) is 3.23. The summed E-state index contributed by atoms with van der Waals surface area (Å²) in [4.78, 5) is 2.10. The van der Waals surface area contributed by atoms with E-state index in [-0.39, 0.29) is 0 Å². The summed E-state index contributed by atoms with van der Waals surface area (Å²) in [7, 11) is 0. The van der Waals surface area contributed by atoms with Crippen molar-refractivity contribution in [2.45, 2.75) is 38.1 Å². The number of aliphatic hydroxyl groups excluding tert-OH is 1. The van der Waals surface area contributed by atoms with Gasteiger partial charge in [0.05, 0.1) is 30.5 Å². The van der Waals surface area contributed by atoms with Crippen LogP contribution in [0.15, 0.2) is 71.3 Å². The Morgan fingerprint density at radius 2 is 1.89 bits per heavy atom. The number of hydrogen-bond acceptors (Lipinski definition) is 5. The average molecular weight is 374 g/mol. The van der Waals surface area contributed by atoms with Gasteiger partial charge in [-0.05, 0) is 56.3 Å². The molecule has 3 aromatic rings. The summed E-state index contributed by atoms with van der Waals surface area (Å²) < 4.78 is 11.7. The van der Waals surface area contributed by atoms with Crippen molar-refractivity contribution in [3.8, 4) is 11.8 Å². The van der Waals surface area contributed by atoms with Gasteiger partial charge in [0, 0.05) is 11.3 Å². The summed E-state index contributed by atoms with van der Waals surface area (Å²) in [6.45, 7) is 4.23. The van der Waals surface area contributed by atoms with E-state index in [1.54, 1.807) is 18.4 Å². The monoisotopic (exact) mass is 374 g/mol. The lowest BCUT2D eigenvalue weighted by molar-refractivity contribution is -0.0591. The van der Waals surface area contributed by atoms with Gasteiger partial charge < -0.3 is 19.2 Å². The van der Waals surface area contributed by atoms with Gasteiger partial charge in [0.1, 0.15) is 23.2 Å². The number of aliphatic hydroxyl groups is 1. The van der Waals surface area contributed by atoms with Gasteiger partial charge in [-0.1, -0.05) is 18.2 Å². The van der Waals surface area contributed by atoms with Crippen molar-refractivity contribution < 1.29 is 14.3 Å². The maximum Gasteiger partial charge on any atom is 0.132 e. The van der Waals surface area contributed by atoms with Gasteiger partial charge in [-0.15, -0.1) is 0 Å². The number of nitriles is 1. The lowest BCUT2D eigenvalue weighted by Gasteiger charge is -2.47. The fourth-order valence-corrected chi connectivity index (χ4v) is 3.71. The molecule has 5 nitrogen and oxygen atoms in total. The minimum absolute atomic E-state index is 0.403. The SMILES string of the molecule is CC1(C)Oc2ccc(C#N)cc2C(N(Cc2ccco2)c2ccccc2)[C@H]1O. The molecule has 1 aromatic heterocycles. The van der Waals surface area contributed by atoms with E-state index >= 15 is 0 Å². The molecule has 0 spiro atoms. The highest BCUT2D eigenvalue weighted by molar-refractivity contribution is 5.54. The van der Waals surface area contributed by atoms with Crippen LogP contribution in [0.2, 0.25) is 0 Å². The molecular weight excluding hydrogens is 352 g/mol. The first-order valence-corrected chi connectivity index (χ1v) is 9.25. The number of benzene rings is 2. The van der Waals surface area contributed by atoms with Crippen LogP contribution in [0.5, 0.6) is 5.75 Å². The second kappa shape index (κ2) is 7.06. The smallest absolute Gasteiger partial charge is 0.132 e. The number of fused-ring (bicyclic) bond motifs is 1. The first-order valence-electron chi connectivity index (χ1n) is 9.25. The molecule has 5 heteroatoms. The van der Waals surface area contributed by atoms with Crippen LogP contribution in [0.1, 0.15) is 36.8 Å². The Hall–Kier alpha value is -3.23. The molecule has 2 atom stereocenters. The maximum absolute atomic E-state index is 11.3. The second-order valence-electron chi connectivity index (χ2n) is 7.50. The van der Waals surface area contributed by atoms with Crippen molar-refractivity contribution >= 4 is 5.69 Å². The molecular formula is C23H22N2O3. The standard InChI is InChI=1S/C23H22N2O3/c1-23(2)22(26)21(19-13-16(14-24)10-11-20(19)28-23)25(15-18-9-6-12-27-18)17-7-4-3-5-8-17/h3-13,21-22,26H,15H2,1-2H3/t21?,22-/m1/s1. The molecule has 4 rings (SSSR count). The van der Waals surface area contributed by atoms with Crippen molar-refractivity contribution in [3.05, 3.63) is 83.8 Å². The zero-order valence-electron chi connectivity index (χ0n) is 15.9. The van der Waals surface area contributed by atoms with Crippen LogP contribution in [0.3, 0.4) is 0 Å². The molecule has 1 N–H and O–H groups in total. The zero-order valence-corrected chi connectivity index (χ0v) is 15.9. The number of para-hydroxylation sites is 1. The van der Waals surface area contributed by atoms with Gasteiger partial charge in [-0.2, -0.15) is 5.26 Å². The van der Waals surface area contributed by atoms with Crippen LogP contribution in [0.4, 0.5) is 5.69 Å². The summed E-state index contributed by atoms with van der Waals surface area (Å²) in [6, 6.07) is 20.8. The molecule has 0 radical (unpaired) electrons. The van der Waals surface area contributed by atoms with E-state index in [0.717, 1.165) is 17.0 Å². The quantitative estimate of drug-likeness (QED) is 0.731. The van der Waals surface area contributed by atoms with Crippen LogP contribution in [0, 0.1) is 11.3 Å². The number of furan rings is 1. The molecule has 2 aromatic carbocycles. The molecule has 28 heavy (non-hydrogen) atoms. The normalized spacial score (nSPS) is 19.9. The van der Waals surface area contributed by atoms with Gasteiger partial charge in [0.25, 0.3) is 0 Å². The Morgan fingerprint density at radius 3 is 2.57 bits per heavy atom. The third-order valence-electron chi connectivity index (χ3n) is 5.17. The predicted octanol–water partition coefficient (Wildman–Crippen LogP) is 4.43. The highest BCUT2D eigenvalue weighted by Gasteiger charge is 2.45. The van der Waals surface area contributed by atoms with Crippen LogP contribution in [-0.2, 0) is 6.54 Å². The Kier molecular flexibility index (Phi) is 4.58. The zero-order chi connectivity index (χ0) is 19.7. The lowest BCUT2D eigenvalue weighted by Crippen LogP contribution is -2.53. The van der Waals surface area contributed by atoms with Crippen LogP contribution in [0.25, 0.3) is 0 Å². The van der Waals surface area contributed by atoms with E-state index in [4.69, 9.17) is 9.15 Å².